The largest absolute Gasteiger partial charge is 0.372 e. The Labute approximate surface area is 185 Å². The summed E-state index contributed by atoms with van der Waals surface area (Å²) in [5, 5.41) is 0. The molecule has 1 aromatic rings. The molecule has 3 heteroatoms. The third kappa shape index (κ3) is 5.33. The first-order chi connectivity index (χ1) is 14.6. The minimum absolute atomic E-state index is 0.535. The monoisotopic (exact) mass is 411 g/mol. The lowest BCUT2D eigenvalue weighted by Gasteiger charge is -2.40. The lowest BCUT2D eigenvalue weighted by atomic mass is 9.71. The van der Waals surface area contributed by atoms with Crippen molar-refractivity contribution in [2.75, 3.05) is 55.6 Å². The van der Waals surface area contributed by atoms with Gasteiger partial charge in [-0.15, -0.1) is 0 Å². The van der Waals surface area contributed by atoms with Crippen LogP contribution in [-0.2, 0) is 0 Å². The molecule has 1 saturated carbocycles. The highest BCUT2D eigenvalue weighted by Crippen LogP contribution is 2.45. The zero-order valence-electron chi connectivity index (χ0n) is 20.0. The van der Waals surface area contributed by atoms with Crippen LogP contribution in [-0.4, -0.2) is 50.7 Å². The second-order valence-corrected chi connectivity index (χ2v) is 10.9. The number of hydrogen-bond donors (Lipinski definition) is 0. The van der Waals surface area contributed by atoms with E-state index >= 15 is 0 Å². The Bertz CT molecular complexity index is 659. The van der Waals surface area contributed by atoms with Crippen molar-refractivity contribution in [3.8, 4) is 0 Å². The number of unbranched alkanes of at least 4 members (excludes halogenated alkanes) is 2. The molecule has 3 nitrogen and oxygen atoms in total. The van der Waals surface area contributed by atoms with Crippen LogP contribution in [0.5, 0.6) is 0 Å². The highest BCUT2D eigenvalue weighted by Gasteiger charge is 2.30. The Morgan fingerprint density at radius 2 is 1.57 bits per heavy atom. The molecule has 0 spiro atoms. The van der Waals surface area contributed by atoms with Crippen molar-refractivity contribution >= 4 is 11.4 Å². The van der Waals surface area contributed by atoms with Crippen molar-refractivity contribution in [2.45, 2.75) is 84.5 Å². The van der Waals surface area contributed by atoms with Gasteiger partial charge in [0.25, 0.3) is 0 Å². The van der Waals surface area contributed by atoms with Gasteiger partial charge in [0.05, 0.1) is 0 Å². The number of rotatable bonds is 7. The van der Waals surface area contributed by atoms with Crippen molar-refractivity contribution in [3.05, 3.63) is 23.8 Å². The summed E-state index contributed by atoms with van der Waals surface area (Å²) in [5.74, 6) is 0.748. The lowest BCUT2D eigenvalue weighted by Crippen LogP contribution is -2.47. The first-order valence-corrected chi connectivity index (χ1v) is 12.9. The fourth-order valence-corrected chi connectivity index (χ4v) is 5.84. The molecule has 4 rings (SSSR count). The van der Waals surface area contributed by atoms with Crippen molar-refractivity contribution in [1.29, 1.82) is 0 Å². The summed E-state index contributed by atoms with van der Waals surface area (Å²) in [7, 11) is 0. The molecule has 3 aliphatic rings. The van der Waals surface area contributed by atoms with E-state index in [1.54, 1.807) is 11.3 Å². The van der Waals surface area contributed by atoms with Gasteiger partial charge in [-0.1, -0.05) is 33.6 Å². The first-order valence-electron chi connectivity index (χ1n) is 12.9. The van der Waals surface area contributed by atoms with E-state index in [0.717, 1.165) is 5.92 Å². The van der Waals surface area contributed by atoms with E-state index in [9.17, 15) is 0 Å². The topological polar surface area (TPSA) is 9.72 Å². The van der Waals surface area contributed by atoms with E-state index in [-0.39, 0.29) is 0 Å². The van der Waals surface area contributed by atoms with Crippen molar-refractivity contribution in [1.82, 2.24) is 4.90 Å². The number of piperazine rings is 1. The van der Waals surface area contributed by atoms with Crippen LogP contribution in [0.4, 0.5) is 11.4 Å². The summed E-state index contributed by atoms with van der Waals surface area (Å²) < 4.78 is 0. The molecular weight excluding hydrogens is 366 g/mol. The Morgan fingerprint density at radius 1 is 0.867 bits per heavy atom. The Morgan fingerprint density at radius 3 is 2.23 bits per heavy atom. The zero-order valence-corrected chi connectivity index (χ0v) is 20.0. The number of nitrogens with zero attached hydrogens (tertiary/aromatic N) is 3. The minimum atomic E-state index is 0.535. The Hall–Kier alpha value is -1.22. The summed E-state index contributed by atoms with van der Waals surface area (Å²) in [6, 6.07) is 7.50. The number of hydrogen-bond acceptors (Lipinski definition) is 3. The molecule has 0 N–H and O–H groups in total. The molecule has 0 aromatic heterocycles. The SMILES string of the molecule is CCCCCN1CCN(c2ccc(N3CCCC3)cc2C2CCC(C)(C)CC2)CC1. The maximum absolute atomic E-state index is 2.71. The molecule has 30 heavy (non-hydrogen) atoms. The van der Waals surface area contributed by atoms with Gasteiger partial charge in [-0.2, -0.15) is 0 Å². The van der Waals surface area contributed by atoms with E-state index in [1.165, 1.54) is 109 Å². The Kier molecular flexibility index (Phi) is 7.28. The average molecular weight is 412 g/mol. The molecule has 1 aromatic carbocycles. The molecule has 2 heterocycles. The number of benzene rings is 1. The molecule has 0 unspecified atom stereocenters. The van der Waals surface area contributed by atoms with Gasteiger partial charge in [-0.3, -0.25) is 4.90 Å². The smallest absolute Gasteiger partial charge is 0.0404 e. The van der Waals surface area contributed by atoms with Crippen LogP contribution in [0.25, 0.3) is 0 Å². The van der Waals surface area contributed by atoms with Gasteiger partial charge in [0, 0.05) is 50.6 Å². The minimum Gasteiger partial charge on any atom is -0.372 e. The van der Waals surface area contributed by atoms with Crippen molar-refractivity contribution in [3.63, 3.8) is 0 Å². The maximum atomic E-state index is 2.71. The van der Waals surface area contributed by atoms with Gasteiger partial charge in [0.1, 0.15) is 0 Å². The quantitative estimate of drug-likeness (QED) is 0.489. The van der Waals surface area contributed by atoms with Crippen LogP contribution < -0.4 is 9.80 Å². The summed E-state index contributed by atoms with van der Waals surface area (Å²) >= 11 is 0. The lowest BCUT2D eigenvalue weighted by molar-refractivity contribution is 0.224. The first kappa shape index (κ1) is 22.0. The maximum Gasteiger partial charge on any atom is 0.0404 e. The van der Waals surface area contributed by atoms with Crippen LogP contribution in [0.1, 0.15) is 90.0 Å². The average Bonchev–Trinajstić information content (AvgIpc) is 3.29. The van der Waals surface area contributed by atoms with Crippen LogP contribution in [0.3, 0.4) is 0 Å². The van der Waals surface area contributed by atoms with Gasteiger partial charge in [0.15, 0.2) is 0 Å². The molecule has 0 bridgehead atoms. The van der Waals surface area contributed by atoms with E-state index in [1.807, 2.05) is 0 Å². The predicted molar refractivity (Wildman–Crippen MR) is 131 cm³/mol. The van der Waals surface area contributed by atoms with E-state index < -0.39 is 0 Å². The fourth-order valence-electron chi connectivity index (χ4n) is 5.84. The van der Waals surface area contributed by atoms with Gasteiger partial charge in [-0.25, -0.2) is 0 Å². The standard InChI is InChI=1S/C27H45N3/c1-4-5-6-15-28-18-20-30(21-19-28)26-10-9-24(29-16-7-8-17-29)22-25(26)23-11-13-27(2,3)14-12-23/h9-10,22-23H,4-8,11-21H2,1-3H3. The van der Waals surface area contributed by atoms with Crippen molar-refractivity contribution in [2.24, 2.45) is 5.41 Å². The zero-order chi connectivity index (χ0) is 21.0. The molecule has 1 aliphatic carbocycles. The molecule has 0 radical (unpaired) electrons. The molecular formula is C27H45N3. The fraction of sp³-hybridized carbons (Fsp3) is 0.778. The Balaban J connectivity index is 1.49. The van der Waals surface area contributed by atoms with Gasteiger partial charge < -0.3 is 9.80 Å². The van der Waals surface area contributed by atoms with Crippen LogP contribution >= 0.6 is 0 Å². The molecule has 3 fully saturated rings. The van der Waals surface area contributed by atoms with Crippen LogP contribution in [0.2, 0.25) is 0 Å². The molecule has 168 valence electrons. The van der Waals surface area contributed by atoms with Crippen molar-refractivity contribution < 1.29 is 0 Å². The third-order valence-electron chi connectivity index (χ3n) is 8.05. The molecule has 0 atom stereocenters. The highest BCUT2D eigenvalue weighted by molar-refractivity contribution is 5.64. The predicted octanol–water partition coefficient (Wildman–Crippen LogP) is 6.28. The summed E-state index contributed by atoms with van der Waals surface area (Å²) in [6.07, 6.45) is 12.2. The van der Waals surface area contributed by atoms with E-state index in [4.69, 9.17) is 0 Å². The summed E-state index contributed by atoms with van der Waals surface area (Å²) in [5.41, 5.74) is 5.23. The van der Waals surface area contributed by atoms with Gasteiger partial charge in [-0.05, 0) is 86.6 Å². The molecule has 0 amide bonds. The summed E-state index contributed by atoms with van der Waals surface area (Å²) in [4.78, 5) is 8.01. The van der Waals surface area contributed by atoms with Gasteiger partial charge >= 0.3 is 0 Å². The molecule has 2 saturated heterocycles. The van der Waals surface area contributed by atoms with E-state index in [2.05, 4.69) is 53.7 Å². The van der Waals surface area contributed by atoms with Crippen LogP contribution in [0, 0.1) is 5.41 Å². The second kappa shape index (κ2) is 9.94. The second-order valence-electron chi connectivity index (χ2n) is 10.9. The highest BCUT2D eigenvalue weighted by atomic mass is 15.3. The normalized spacial score (nSPS) is 23.3. The third-order valence-corrected chi connectivity index (χ3v) is 8.05. The van der Waals surface area contributed by atoms with E-state index in [0.29, 0.717) is 5.41 Å². The number of anilines is 2. The summed E-state index contributed by atoms with van der Waals surface area (Å²) in [6.45, 7) is 15.9. The van der Waals surface area contributed by atoms with Gasteiger partial charge in [0.2, 0.25) is 0 Å². The van der Waals surface area contributed by atoms with Crippen LogP contribution in [0.15, 0.2) is 18.2 Å². The molecule has 2 aliphatic heterocycles.